The van der Waals surface area contributed by atoms with Gasteiger partial charge < -0.3 is 9.57 Å². The van der Waals surface area contributed by atoms with Crippen LogP contribution in [0.25, 0.3) is 10.8 Å². The first kappa shape index (κ1) is 24.2. The van der Waals surface area contributed by atoms with E-state index in [9.17, 15) is 13.2 Å². The predicted octanol–water partition coefficient (Wildman–Crippen LogP) is 5.00. The van der Waals surface area contributed by atoms with Crippen molar-refractivity contribution in [2.45, 2.75) is 24.7 Å². The average molecular weight is 487 g/mol. The van der Waals surface area contributed by atoms with Crippen LogP contribution in [-0.4, -0.2) is 28.0 Å². The summed E-state index contributed by atoms with van der Waals surface area (Å²) < 4.78 is 33.7. The minimum atomic E-state index is -3.94. The molecule has 0 aliphatic carbocycles. The highest BCUT2D eigenvalue weighted by Gasteiger charge is 2.20. The average Bonchev–Trinajstić information content (AvgIpc) is 2.79. The monoisotopic (exact) mass is 486 g/mol. The summed E-state index contributed by atoms with van der Waals surface area (Å²) in [6.45, 7) is 1.91. The highest BCUT2D eigenvalue weighted by Crippen LogP contribution is 2.34. The molecule has 0 spiro atoms. The molecule has 0 amide bonds. The van der Waals surface area contributed by atoms with Crippen molar-refractivity contribution in [2.75, 3.05) is 23.4 Å². The summed E-state index contributed by atoms with van der Waals surface area (Å²) in [5, 5.41) is 2.78. The van der Waals surface area contributed by atoms with Gasteiger partial charge in [0.15, 0.2) is 0 Å². The van der Waals surface area contributed by atoms with Crippen molar-refractivity contribution in [3.8, 4) is 18.1 Å². The maximum Gasteiger partial charge on any atom is 0.332 e. The van der Waals surface area contributed by atoms with Gasteiger partial charge in [-0.2, -0.15) is 5.06 Å². The first-order valence-corrected chi connectivity index (χ1v) is 12.0. The zero-order chi connectivity index (χ0) is 24.0. The fourth-order valence-electron chi connectivity index (χ4n) is 3.23. The van der Waals surface area contributed by atoms with E-state index in [4.69, 9.17) is 27.6 Å². The van der Waals surface area contributed by atoms with Crippen LogP contribution in [0.5, 0.6) is 5.75 Å². The number of hydrogen-bond donors (Lipinski definition) is 1. The Labute approximate surface area is 198 Å². The lowest BCUT2D eigenvalue weighted by Crippen LogP contribution is -2.27. The minimum Gasteiger partial charge on any atom is -0.495 e. The molecular formula is C24H23ClN2O5S. The van der Waals surface area contributed by atoms with E-state index < -0.39 is 16.0 Å². The number of nitrogens with one attached hydrogen (secondary N) is 1. The van der Waals surface area contributed by atoms with Gasteiger partial charge >= 0.3 is 5.97 Å². The summed E-state index contributed by atoms with van der Waals surface area (Å²) in [6.07, 6.45) is 6.37. The van der Waals surface area contributed by atoms with Crippen molar-refractivity contribution in [1.29, 1.82) is 0 Å². The van der Waals surface area contributed by atoms with Gasteiger partial charge in [-0.1, -0.05) is 48.7 Å². The number of hydroxylamine groups is 1. The zero-order valence-electron chi connectivity index (χ0n) is 18.2. The van der Waals surface area contributed by atoms with Crippen LogP contribution in [0, 0.1) is 12.3 Å². The molecule has 0 aromatic heterocycles. The second-order valence-electron chi connectivity index (χ2n) is 7.03. The van der Waals surface area contributed by atoms with Crippen LogP contribution in [0.15, 0.2) is 59.5 Å². The van der Waals surface area contributed by atoms with E-state index in [2.05, 4.69) is 10.6 Å². The van der Waals surface area contributed by atoms with Crippen molar-refractivity contribution in [3.63, 3.8) is 0 Å². The highest BCUT2D eigenvalue weighted by molar-refractivity contribution is 7.92. The first-order valence-electron chi connectivity index (χ1n) is 10.1. The SMILES string of the molecule is C#CCN(OC(=O)CCC)c1ccc(NS(=O)(=O)c2ccc(OC)c(Cl)c2)c2ccccc12. The number of rotatable bonds is 9. The summed E-state index contributed by atoms with van der Waals surface area (Å²) in [5.74, 6) is 2.45. The Hall–Kier alpha value is -3.41. The summed E-state index contributed by atoms with van der Waals surface area (Å²) in [7, 11) is -2.49. The molecule has 0 fully saturated rings. The molecular weight excluding hydrogens is 464 g/mol. The van der Waals surface area contributed by atoms with Gasteiger partial charge in [0.2, 0.25) is 0 Å². The van der Waals surface area contributed by atoms with Crippen LogP contribution in [0.4, 0.5) is 11.4 Å². The number of hydrogen-bond acceptors (Lipinski definition) is 6. The Morgan fingerprint density at radius 1 is 1.15 bits per heavy atom. The molecule has 0 aliphatic rings. The summed E-state index contributed by atoms with van der Waals surface area (Å²) in [6, 6.07) is 14.6. The van der Waals surface area contributed by atoms with E-state index >= 15 is 0 Å². The van der Waals surface area contributed by atoms with Crippen LogP contribution in [0.2, 0.25) is 5.02 Å². The van der Waals surface area contributed by atoms with E-state index in [1.165, 1.54) is 30.4 Å². The molecule has 9 heteroatoms. The Balaban J connectivity index is 2.02. The van der Waals surface area contributed by atoms with Crippen molar-refractivity contribution in [3.05, 3.63) is 59.6 Å². The molecule has 3 aromatic carbocycles. The number of halogens is 1. The Kier molecular flexibility index (Phi) is 7.69. The van der Waals surface area contributed by atoms with Gasteiger partial charge in [-0.25, -0.2) is 13.2 Å². The van der Waals surface area contributed by atoms with Crippen LogP contribution in [0.1, 0.15) is 19.8 Å². The van der Waals surface area contributed by atoms with E-state index in [0.29, 0.717) is 34.3 Å². The number of ether oxygens (including phenoxy) is 1. The lowest BCUT2D eigenvalue weighted by molar-refractivity contribution is -0.144. The largest absolute Gasteiger partial charge is 0.495 e. The molecule has 172 valence electrons. The Morgan fingerprint density at radius 2 is 1.88 bits per heavy atom. The molecule has 1 N–H and O–H groups in total. The summed E-state index contributed by atoms with van der Waals surface area (Å²) in [4.78, 5) is 17.5. The summed E-state index contributed by atoms with van der Waals surface area (Å²) in [5.41, 5.74) is 0.894. The van der Waals surface area contributed by atoms with Gasteiger partial charge in [-0.3, -0.25) is 4.72 Å². The third-order valence-corrected chi connectivity index (χ3v) is 6.41. The number of fused-ring (bicyclic) bond motifs is 1. The third kappa shape index (κ3) is 5.51. The second kappa shape index (κ2) is 10.5. The molecule has 3 rings (SSSR count). The second-order valence-corrected chi connectivity index (χ2v) is 9.12. The number of benzene rings is 3. The number of anilines is 2. The molecule has 0 saturated carbocycles. The molecule has 7 nitrogen and oxygen atoms in total. The molecule has 33 heavy (non-hydrogen) atoms. The Bertz CT molecular complexity index is 1320. The van der Waals surface area contributed by atoms with E-state index in [1.807, 2.05) is 6.92 Å². The lowest BCUT2D eigenvalue weighted by Gasteiger charge is -2.23. The summed E-state index contributed by atoms with van der Waals surface area (Å²) >= 11 is 6.10. The predicted molar refractivity (Wildman–Crippen MR) is 130 cm³/mol. The molecule has 0 heterocycles. The van der Waals surface area contributed by atoms with Gasteiger partial charge in [-0.15, -0.1) is 6.42 Å². The topological polar surface area (TPSA) is 84.9 Å². The number of terminal acetylenes is 1. The molecule has 3 aromatic rings. The van der Waals surface area contributed by atoms with Crippen LogP contribution >= 0.6 is 11.6 Å². The first-order chi connectivity index (χ1) is 15.8. The maximum absolute atomic E-state index is 13.0. The van der Waals surface area contributed by atoms with Crippen molar-refractivity contribution in [2.24, 2.45) is 0 Å². The number of carbonyl (C=O) groups is 1. The van der Waals surface area contributed by atoms with Crippen molar-refractivity contribution in [1.82, 2.24) is 0 Å². The van der Waals surface area contributed by atoms with Gasteiger partial charge in [0.05, 0.1) is 28.4 Å². The highest BCUT2D eigenvalue weighted by atomic mass is 35.5. The van der Waals surface area contributed by atoms with Crippen LogP contribution in [0.3, 0.4) is 0 Å². The lowest BCUT2D eigenvalue weighted by atomic mass is 10.1. The number of carbonyl (C=O) groups excluding carboxylic acids is 1. The molecule has 0 bridgehead atoms. The quantitative estimate of drug-likeness (QED) is 0.338. The van der Waals surface area contributed by atoms with E-state index in [0.717, 1.165) is 0 Å². The van der Waals surface area contributed by atoms with E-state index in [1.54, 1.807) is 36.4 Å². The van der Waals surface area contributed by atoms with Gasteiger partial charge in [0, 0.05) is 17.2 Å². The third-order valence-electron chi connectivity index (χ3n) is 4.75. The molecule has 0 atom stereocenters. The van der Waals surface area contributed by atoms with E-state index in [-0.39, 0.29) is 22.9 Å². The smallest absolute Gasteiger partial charge is 0.332 e. The number of nitrogens with zero attached hydrogens (tertiary/aromatic N) is 1. The maximum atomic E-state index is 13.0. The van der Waals surface area contributed by atoms with Gasteiger partial charge in [-0.05, 0) is 36.8 Å². The van der Waals surface area contributed by atoms with Gasteiger partial charge in [0.1, 0.15) is 12.3 Å². The zero-order valence-corrected chi connectivity index (χ0v) is 19.7. The normalized spacial score (nSPS) is 11.0. The number of methoxy groups -OCH3 is 1. The molecule has 0 unspecified atom stereocenters. The van der Waals surface area contributed by atoms with Gasteiger partial charge in [0.25, 0.3) is 10.0 Å². The molecule has 0 radical (unpaired) electrons. The van der Waals surface area contributed by atoms with Crippen molar-refractivity contribution >= 4 is 49.7 Å². The number of sulfonamides is 1. The molecule has 0 aliphatic heterocycles. The van der Waals surface area contributed by atoms with Crippen molar-refractivity contribution < 1.29 is 22.8 Å². The minimum absolute atomic E-state index is 0.0103. The van der Waals surface area contributed by atoms with Crippen LogP contribution in [-0.2, 0) is 19.7 Å². The fourth-order valence-corrected chi connectivity index (χ4v) is 4.66. The standard InChI is InChI=1S/C24H23ClN2O5S/c1-4-8-24(28)32-27(15-5-2)22-13-12-21(18-9-6-7-10-19(18)22)26-33(29,30)17-11-14-23(31-3)20(25)16-17/h2,6-7,9-14,16,26H,4,8,15H2,1,3H3. The fraction of sp³-hybridized carbons (Fsp3) is 0.208. The Morgan fingerprint density at radius 3 is 2.52 bits per heavy atom. The van der Waals surface area contributed by atoms with Crippen LogP contribution < -0.4 is 14.5 Å². The molecule has 0 saturated heterocycles.